The number of piperidine rings is 1. The Morgan fingerprint density at radius 1 is 1.27 bits per heavy atom. The van der Waals surface area contributed by atoms with E-state index in [0.717, 1.165) is 23.4 Å². The van der Waals surface area contributed by atoms with Crippen LogP contribution in [0.4, 0.5) is 4.79 Å². The highest BCUT2D eigenvalue weighted by Gasteiger charge is 2.46. The molecule has 2 atom stereocenters. The lowest BCUT2D eigenvalue weighted by molar-refractivity contribution is -0.140. The molecule has 0 unspecified atom stereocenters. The van der Waals surface area contributed by atoms with Gasteiger partial charge >= 0.3 is 6.03 Å². The van der Waals surface area contributed by atoms with Gasteiger partial charge in [-0.15, -0.1) is 0 Å². The summed E-state index contributed by atoms with van der Waals surface area (Å²) in [6, 6.07) is 10.0. The first-order valence-corrected chi connectivity index (χ1v) is 8.13. The van der Waals surface area contributed by atoms with E-state index in [4.69, 9.17) is 4.84 Å². The standard InChI is InChI=1S/C15H16N4O2S/c20-15-18-8-12(6-7-13(18)14-16-10-17-22-14)19(15)21-9-11-4-2-1-3-5-11/h1-5,10,12-13H,6-9H2/t12-,13+/m1/s1. The number of aromatic nitrogens is 2. The second-order valence-corrected chi connectivity index (χ2v) is 6.36. The third-order valence-electron chi connectivity index (χ3n) is 4.20. The molecule has 0 spiro atoms. The van der Waals surface area contributed by atoms with Crippen molar-refractivity contribution < 1.29 is 9.63 Å². The first-order valence-electron chi connectivity index (χ1n) is 7.36. The number of hydroxylamine groups is 2. The van der Waals surface area contributed by atoms with Gasteiger partial charge in [0.05, 0.1) is 12.1 Å². The average molecular weight is 316 g/mol. The maximum absolute atomic E-state index is 12.6. The van der Waals surface area contributed by atoms with E-state index in [1.807, 2.05) is 35.2 Å². The Bertz CT molecular complexity index is 649. The van der Waals surface area contributed by atoms with E-state index in [9.17, 15) is 4.79 Å². The molecular formula is C15H16N4O2S. The Kier molecular flexibility index (Phi) is 3.51. The Morgan fingerprint density at radius 3 is 2.91 bits per heavy atom. The van der Waals surface area contributed by atoms with Gasteiger partial charge in [0.2, 0.25) is 0 Å². The van der Waals surface area contributed by atoms with Gasteiger partial charge in [0, 0.05) is 6.54 Å². The minimum absolute atomic E-state index is 0.0431. The third kappa shape index (κ3) is 2.36. The highest BCUT2D eigenvalue weighted by molar-refractivity contribution is 7.05. The summed E-state index contributed by atoms with van der Waals surface area (Å²) >= 11 is 1.37. The van der Waals surface area contributed by atoms with Crippen LogP contribution >= 0.6 is 11.5 Å². The summed E-state index contributed by atoms with van der Waals surface area (Å²) in [5, 5.41) is 2.46. The van der Waals surface area contributed by atoms with Crippen molar-refractivity contribution in [1.82, 2.24) is 19.3 Å². The summed E-state index contributed by atoms with van der Waals surface area (Å²) in [4.78, 5) is 24.5. The van der Waals surface area contributed by atoms with Gasteiger partial charge in [-0.2, -0.15) is 9.44 Å². The Labute approximate surface area is 132 Å². The van der Waals surface area contributed by atoms with Crippen LogP contribution in [-0.2, 0) is 11.4 Å². The molecule has 2 aliphatic heterocycles. The van der Waals surface area contributed by atoms with Crippen LogP contribution in [0.1, 0.15) is 29.5 Å². The maximum atomic E-state index is 12.6. The highest BCUT2D eigenvalue weighted by Crippen LogP contribution is 2.38. The number of fused-ring (bicyclic) bond motifs is 2. The van der Waals surface area contributed by atoms with E-state index < -0.39 is 0 Å². The number of rotatable bonds is 4. The van der Waals surface area contributed by atoms with Crippen LogP contribution in [0.15, 0.2) is 36.7 Å². The molecule has 2 fully saturated rings. The third-order valence-corrected chi connectivity index (χ3v) is 4.96. The minimum atomic E-state index is -0.0568. The monoisotopic (exact) mass is 316 g/mol. The van der Waals surface area contributed by atoms with Gasteiger partial charge in [0.25, 0.3) is 0 Å². The summed E-state index contributed by atoms with van der Waals surface area (Å²) in [5.41, 5.74) is 1.06. The van der Waals surface area contributed by atoms with Crippen LogP contribution in [0.3, 0.4) is 0 Å². The number of nitrogens with zero attached hydrogens (tertiary/aromatic N) is 4. The number of hydrogen-bond donors (Lipinski definition) is 0. The zero-order valence-corrected chi connectivity index (χ0v) is 12.8. The molecule has 2 aromatic rings. The molecule has 0 saturated carbocycles. The lowest BCUT2D eigenvalue weighted by Gasteiger charge is -2.28. The molecule has 2 amide bonds. The van der Waals surface area contributed by atoms with Crippen LogP contribution in [-0.4, -0.2) is 37.9 Å². The molecule has 1 aromatic heterocycles. The van der Waals surface area contributed by atoms with Crippen LogP contribution < -0.4 is 0 Å². The molecule has 2 aliphatic rings. The van der Waals surface area contributed by atoms with Gasteiger partial charge in [0.15, 0.2) is 0 Å². The average Bonchev–Trinajstić information content (AvgIpc) is 3.17. The van der Waals surface area contributed by atoms with E-state index in [0.29, 0.717) is 13.2 Å². The summed E-state index contributed by atoms with van der Waals surface area (Å²) in [6.45, 7) is 1.12. The fourth-order valence-corrected chi connectivity index (χ4v) is 3.76. The van der Waals surface area contributed by atoms with Crippen molar-refractivity contribution in [2.45, 2.75) is 31.5 Å². The molecule has 1 aromatic carbocycles. The summed E-state index contributed by atoms with van der Waals surface area (Å²) < 4.78 is 4.05. The van der Waals surface area contributed by atoms with E-state index in [1.165, 1.54) is 11.5 Å². The van der Waals surface area contributed by atoms with Crippen molar-refractivity contribution in [2.75, 3.05) is 6.54 Å². The molecular weight excluding hydrogens is 300 g/mol. The predicted octanol–water partition coefficient (Wildman–Crippen LogP) is 2.61. The quantitative estimate of drug-likeness (QED) is 0.870. The molecule has 22 heavy (non-hydrogen) atoms. The van der Waals surface area contributed by atoms with E-state index in [-0.39, 0.29) is 18.1 Å². The number of urea groups is 1. The van der Waals surface area contributed by atoms with Gasteiger partial charge in [-0.3, -0.25) is 4.84 Å². The Morgan fingerprint density at radius 2 is 2.14 bits per heavy atom. The molecule has 2 saturated heterocycles. The van der Waals surface area contributed by atoms with Crippen molar-refractivity contribution in [2.24, 2.45) is 0 Å². The molecule has 0 N–H and O–H groups in total. The number of benzene rings is 1. The molecule has 114 valence electrons. The van der Waals surface area contributed by atoms with Gasteiger partial charge in [0.1, 0.15) is 17.9 Å². The van der Waals surface area contributed by atoms with E-state index >= 15 is 0 Å². The first-order chi connectivity index (χ1) is 10.8. The predicted molar refractivity (Wildman–Crippen MR) is 80.8 cm³/mol. The highest BCUT2D eigenvalue weighted by atomic mass is 32.1. The molecule has 6 nitrogen and oxygen atoms in total. The van der Waals surface area contributed by atoms with Crippen molar-refractivity contribution in [3.05, 3.63) is 47.2 Å². The number of amides is 2. The Balaban J connectivity index is 1.46. The van der Waals surface area contributed by atoms with E-state index in [2.05, 4.69) is 9.36 Å². The zero-order chi connectivity index (χ0) is 14.9. The molecule has 2 bridgehead atoms. The lowest BCUT2D eigenvalue weighted by atomic mass is 10.0. The second-order valence-electron chi connectivity index (χ2n) is 5.55. The normalized spacial score (nSPS) is 24.1. The SMILES string of the molecule is O=C1N2C[C@@H](CC[C@H]2c2ncns2)N1OCc1ccccc1. The number of carbonyl (C=O) groups excluding carboxylic acids is 1. The smallest absolute Gasteiger partial charge is 0.311 e. The molecule has 0 aliphatic carbocycles. The van der Waals surface area contributed by atoms with Gasteiger partial charge in [-0.1, -0.05) is 30.3 Å². The summed E-state index contributed by atoms with van der Waals surface area (Å²) in [6.07, 6.45) is 3.40. The second kappa shape index (κ2) is 5.66. The van der Waals surface area contributed by atoms with Gasteiger partial charge in [-0.05, 0) is 29.9 Å². The zero-order valence-electron chi connectivity index (χ0n) is 12.0. The first kappa shape index (κ1) is 13.7. The number of hydrogen-bond acceptors (Lipinski definition) is 5. The maximum Gasteiger partial charge on any atom is 0.344 e. The lowest BCUT2D eigenvalue weighted by Crippen LogP contribution is -2.33. The van der Waals surface area contributed by atoms with Crippen molar-refractivity contribution in [3.8, 4) is 0 Å². The number of carbonyl (C=O) groups is 1. The van der Waals surface area contributed by atoms with Gasteiger partial charge in [-0.25, -0.2) is 9.78 Å². The van der Waals surface area contributed by atoms with Crippen LogP contribution in [0, 0.1) is 0 Å². The van der Waals surface area contributed by atoms with E-state index in [1.54, 1.807) is 11.4 Å². The molecule has 4 rings (SSSR count). The molecule has 3 heterocycles. The summed E-state index contributed by atoms with van der Waals surface area (Å²) in [5.74, 6) is 0. The fraction of sp³-hybridized carbons (Fsp3) is 0.400. The summed E-state index contributed by atoms with van der Waals surface area (Å²) in [7, 11) is 0. The topological polar surface area (TPSA) is 58.6 Å². The van der Waals surface area contributed by atoms with Crippen molar-refractivity contribution in [1.29, 1.82) is 0 Å². The van der Waals surface area contributed by atoms with Crippen LogP contribution in [0.2, 0.25) is 0 Å². The fourth-order valence-electron chi connectivity index (χ4n) is 3.10. The largest absolute Gasteiger partial charge is 0.344 e. The molecule has 7 heteroatoms. The molecule has 0 radical (unpaired) electrons. The van der Waals surface area contributed by atoms with Crippen molar-refractivity contribution >= 4 is 17.6 Å². The van der Waals surface area contributed by atoms with Gasteiger partial charge < -0.3 is 4.90 Å². The Hall–Kier alpha value is -1.99. The van der Waals surface area contributed by atoms with Crippen LogP contribution in [0.25, 0.3) is 0 Å². The van der Waals surface area contributed by atoms with Crippen LogP contribution in [0.5, 0.6) is 0 Å². The minimum Gasteiger partial charge on any atom is -0.311 e. The van der Waals surface area contributed by atoms with Crippen molar-refractivity contribution in [3.63, 3.8) is 0 Å².